The third-order valence-corrected chi connectivity index (χ3v) is 5.38. The molecule has 2 aromatic carbocycles. The van der Waals surface area contributed by atoms with Crippen LogP contribution in [0.25, 0.3) is 0 Å². The Labute approximate surface area is 169 Å². The Balaban J connectivity index is 1.71. The zero-order valence-electron chi connectivity index (χ0n) is 14.9. The average molecular weight is 412 g/mol. The molecule has 0 fully saturated rings. The second-order valence-corrected chi connectivity index (χ2v) is 7.86. The molecule has 0 unspecified atom stereocenters. The first-order chi connectivity index (χ1) is 12.5. The fraction of sp³-hybridized carbons (Fsp3) is 0.350. The van der Waals surface area contributed by atoms with E-state index in [1.807, 2.05) is 50.2 Å². The van der Waals surface area contributed by atoms with Crippen LogP contribution in [0.4, 0.5) is 0 Å². The molecule has 0 bridgehead atoms. The number of hydrogen-bond donors (Lipinski definition) is 1. The van der Waals surface area contributed by atoms with Crippen molar-refractivity contribution in [1.82, 2.24) is 5.32 Å². The van der Waals surface area contributed by atoms with E-state index >= 15 is 0 Å². The maximum atomic E-state index is 12.3. The predicted molar refractivity (Wildman–Crippen MR) is 112 cm³/mol. The summed E-state index contributed by atoms with van der Waals surface area (Å²) in [6, 6.07) is 13.2. The summed E-state index contributed by atoms with van der Waals surface area (Å²) < 4.78 is 5.78. The van der Waals surface area contributed by atoms with E-state index in [-0.39, 0.29) is 5.91 Å². The van der Waals surface area contributed by atoms with Crippen LogP contribution in [0, 0.1) is 6.92 Å². The molecule has 26 heavy (non-hydrogen) atoms. The Kier molecular flexibility index (Phi) is 8.63. The van der Waals surface area contributed by atoms with Crippen molar-refractivity contribution in [2.24, 2.45) is 0 Å². The van der Waals surface area contributed by atoms with Crippen molar-refractivity contribution < 1.29 is 9.53 Å². The van der Waals surface area contributed by atoms with Gasteiger partial charge in [-0.25, -0.2) is 0 Å². The molecule has 0 aliphatic heterocycles. The zero-order valence-corrected chi connectivity index (χ0v) is 17.3. The van der Waals surface area contributed by atoms with Crippen LogP contribution in [-0.4, -0.2) is 24.3 Å². The number of aryl methyl sites for hydroxylation is 1. The summed E-state index contributed by atoms with van der Waals surface area (Å²) in [5.41, 5.74) is 2.20. The zero-order chi connectivity index (χ0) is 18.9. The molecule has 0 saturated carbocycles. The van der Waals surface area contributed by atoms with Crippen LogP contribution >= 0.6 is 35.0 Å². The molecule has 2 rings (SSSR count). The molecule has 3 nitrogen and oxygen atoms in total. The van der Waals surface area contributed by atoms with Crippen LogP contribution in [-0.2, 0) is 10.5 Å². The highest BCUT2D eigenvalue weighted by Crippen LogP contribution is 2.24. The van der Waals surface area contributed by atoms with E-state index in [1.54, 1.807) is 17.8 Å². The molecule has 1 atom stereocenters. The lowest BCUT2D eigenvalue weighted by atomic mass is 10.2. The number of hydrogen-bond acceptors (Lipinski definition) is 3. The molecule has 0 aromatic heterocycles. The van der Waals surface area contributed by atoms with Gasteiger partial charge in [0.2, 0.25) is 0 Å². The smallest absolute Gasteiger partial charge is 0.261 e. The van der Waals surface area contributed by atoms with Gasteiger partial charge in [-0.3, -0.25) is 4.79 Å². The van der Waals surface area contributed by atoms with Crippen LogP contribution in [0.2, 0.25) is 10.0 Å². The average Bonchev–Trinajstić information content (AvgIpc) is 2.62. The van der Waals surface area contributed by atoms with Gasteiger partial charge in [-0.05, 0) is 43.2 Å². The number of carbonyl (C=O) groups excluding carboxylic acids is 1. The van der Waals surface area contributed by atoms with Crippen LogP contribution in [0.5, 0.6) is 5.75 Å². The van der Waals surface area contributed by atoms with Gasteiger partial charge in [0.1, 0.15) is 5.75 Å². The lowest BCUT2D eigenvalue weighted by Crippen LogP contribution is -2.39. The van der Waals surface area contributed by atoms with Crippen molar-refractivity contribution in [3.8, 4) is 5.75 Å². The summed E-state index contributed by atoms with van der Waals surface area (Å²) in [7, 11) is 0. The molecule has 0 spiro atoms. The van der Waals surface area contributed by atoms with Gasteiger partial charge in [-0.2, -0.15) is 11.8 Å². The molecule has 140 valence electrons. The third kappa shape index (κ3) is 6.75. The number of carbonyl (C=O) groups is 1. The third-order valence-electron chi connectivity index (χ3n) is 3.78. The van der Waals surface area contributed by atoms with E-state index in [9.17, 15) is 4.79 Å². The van der Waals surface area contributed by atoms with E-state index in [1.165, 1.54) is 0 Å². The quantitative estimate of drug-likeness (QED) is 0.552. The SMILES string of the molecule is CC[C@@H](Oc1ccc(C)cc1)C(=O)NCCSCc1ccc(Cl)cc1Cl. The number of halogens is 2. The van der Waals surface area contributed by atoms with Gasteiger partial charge in [0.05, 0.1) is 0 Å². The standard InChI is InChI=1S/C20H23Cl2NO2S/c1-3-19(25-17-8-4-14(2)5-9-17)20(24)23-10-11-26-13-15-6-7-16(21)12-18(15)22/h4-9,12,19H,3,10-11,13H2,1-2H3,(H,23,24)/t19-/m1/s1. The van der Waals surface area contributed by atoms with E-state index in [0.717, 1.165) is 22.6 Å². The minimum atomic E-state index is -0.478. The van der Waals surface area contributed by atoms with Crippen LogP contribution in [0.3, 0.4) is 0 Å². The minimum Gasteiger partial charge on any atom is -0.481 e. The van der Waals surface area contributed by atoms with Gasteiger partial charge in [0.15, 0.2) is 6.10 Å². The Hall–Kier alpha value is -1.36. The highest BCUT2D eigenvalue weighted by Gasteiger charge is 2.17. The number of nitrogens with one attached hydrogen (secondary N) is 1. The van der Waals surface area contributed by atoms with Gasteiger partial charge in [-0.1, -0.05) is 53.9 Å². The van der Waals surface area contributed by atoms with Gasteiger partial charge < -0.3 is 10.1 Å². The molecule has 0 radical (unpaired) electrons. The number of thioether (sulfide) groups is 1. The van der Waals surface area contributed by atoms with Gasteiger partial charge in [0, 0.05) is 28.1 Å². The van der Waals surface area contributed by atoms with Gasteiger partial charge in [-0.15, -0.1) is 0 Å². The Morgan fingerprint density at radius 2 is 1.92 bits per heavy atom. The lowest BCUT2D eigenvalue weighted by Gasteiger charge is -2.17. The molecule has 6 heteroatoms. The molecule has 0 aliphatic rings. The summed E-state index contributed by atoms with van der Waals surface area (Å²) in [5, 5.41) is 4.24. The summed E-state index contributed by atoms with van der Waals surface area (Å²) >= 11 is 13.8. The number of rotatable bonds is 9. The van der Waals surface area contributed by atoms with E-state index < -0.39 is 6.10 Å². The van der Waals surface area contributed by atoms with Crippen LogP contribution < -0.4 is 10.1 Å². The van der Waals surface area contributed by atoms with Gasteiger partial charge in [0.25, 0.3) is 5.91 Å². The Bertz CT molecular complexity index is 722. The first-order valence-corrected chi connectivity index (χ1v) is 10.4. The fourth-order valence-electron chi connectivity index (χ4n) is 2.28. The first kappa shape index (κ1) is 20.9. The van der Waals surface area contributed by atoms with Crippen molar-refractivity contribution in [3.05, 3.63) is 63.6 Å². The number of benzene rings is 2. The number of ether oxygens (including phenoxy) is 1. The summed E-state index contributed by atoms with van der Waals surface area (Å²) in [5.74, 6) is 2.21. The Morgan fingerprint density at radius 1 is 1.19 bits per heavy atom. The molecule has 0 heterocycles. The summed E-state index contributed by atoms with van der Waals surface area (Å²) in [4.78, 5) is 12.3. The van der Waals surface area contributed by atoms with Crippen LogP contribution in [0.1, 0.15) is 24.5 Å². The lowest BCUT2D eigenvalue weighted by molar-refractivity contribution is -0.127. The van der Waals surface area contributed by atoms with Crippen molar-refractivity contribution in [3.63, 3.8) is 0 Å². The van der Waals surface area contributed by atoms with Crippen molar-refractivity contribution >= 4 is 40.9 Å². The molecule has 2 aromatic rings. The van der Waals surface area contributed by atoms with Crippen molar-refractivity contribution in [2.45, 2.75) is 32.1 Å². The maximum absolute atomic E-state index is 12.3. The molecule has 0 aliphatic carbocycles. The van der Waals surface area contributed by atoms with Crippen molar-refractivity contribution in [1.29, 1.82) is 0 Å². The van der Waals surface area contributed by atoms with E-state index in [2.05, 4.69) is 5.32 Å². The second-order valence-electron chi connectivity index (χ2n) is 5.91. The maximum Gasteiger partial charge on any atom is 0.261 e. The molecular formula is C20H23Cl2NO2S. The second kappa shape index (κ2) is 10.7. The Morgan fingerprint density at radius 3 is 2.58 bits per heavy atom. The topological polar surface area (TPSA) is 38.3 Å². The van der Waals surface area contributed by atoms with Crippen LogP contribution in [0.15, 0.2) is 42.5 Å². The van der Waals surface area contributed by atoms with Crippen molar-refractivity contribution in [2.75, 3.05) is 12.3 Å². The highest BCUT2D eigenvalue weighted by atomic mass is 35.5. The number of amides is 1. The summed E-state index contributed by atoms with van der Waals surface area (Å²) in [6.07, 6.45) is 0.140. The predicted octanol–water partition coefficient (Wildman–Crippen LogP) is 5.51. The fourth-order valence-corrected chi connectivity index (χ4v) is 3.70. The highest BCUT2D eigenvalue weighted by molar-refractivity contribution is 7.98. The minimum absolute atomic E-state index is 0.0850. The largest absolute Gasteiger partial charge is 0.481 e. The molecule has 0 saturated heterocycles. The molecule has 1 amide bonds. The van der Waals surface area contributed by atoms with E-state index in [4.69, 9.17) is 27.9 Å². The summed E-state index contributed by atoms with van der Waals surface area (Å²) in [6.45, 7) is 4.54. The van der Waals surface area contributed by atoms with Gasteiger partial charge >= 0.3 is 0 Å². The first-order valence-electron chi connectivity index (χ1n) is 8.52. The molecular weight excluding hydrogens is 389 g/mol. The molecule has 1 N–H and O–H groups in total. The normalized spacial score (nSPS) is 11.8. The monoisotopic (exact) mass is 411 g/mol. The van der Waals surface area contributed by atoms with E-state index in [0.29, 0.717) is 28.8 Å².